The Hall–Kier alpha value is -0.880. The average molecular weight is 355 g/mol. The molecule has 0 rings (SSSR count). The van der Waals surface area contributed by atoms with Crippen molar-refractivity contribution in [3.05, 3.63) is 0 Å². The summed E-state index contributed by atoms with van der Waals surface area (Å²) in [6.07, 6.45) is 0. The molecule has 6 nitrogen and oxygen atoms in total. The molecule has 0 aliphatic heterocycles. The van der Waals surface area contributed by atoms with Gasteiger partial charge in [0, 0.05) is 0 Å². The summed E-state index contributed by atoms with van der Waals surface area (Å²) >= 11 is 0. The van der Waals surface area contributed by atoms with Crippen molar-refractivity contribution in [2.24, 2.45) is 32.5 Å². The molecule has 22 heavy (non-hydrogen) atoms. The van der Waals surface area contributed by atoms with Crippen molar-refractivity contribution in [3.63, 3.8) is 0 Å². The number of hydrogen-bond donors (Lipinski definition) is 4. The molecule has 0 fully saturated rings. The molecule has 2 unspecified atom stereocenters. The fourth-order valence-electron chi connectivity index (χ4n) is 1.42. The van der Waals surface area contributed by atoms with Crippen LogP contribution in [-0.2, 0) is 0 Å². The van der Waals surface area contributed by atoms with Gasteiger partial charge in [0.05, 0.1) is 0 Å². The molecule has 0 amide bonds. The first kappa shape index (κ1) is 26.0. The Labute approximate surface area is 146 Å². The van der Waals surface area contributed by atoms with Gasteiger partial charge in [-0.05, 0) is 24.7 Å². The molecule has 0 saturated carbocycles. The Morgan fingerprint density at radius 2 is 0.818 bits per heavy atom. The predicted octanol–water partition coefficient (Wildman–Crippen LogP) is 3.76. The molecule has 0 aromatic carbocycles. The van der Waals surface area contributed by atoms with Crippen LogP contribution in [-0.4, -0.2) is 22.7 Å². The molecular formula is C14H32Cl2N6. The number of halogens is 2. The molecule has 0 spiro atoms. The number of nitrogens with two attached hydrogens (primary N) is 2. The third-order valence-corrected chi connectivity index (χ3v) is 4.42. The van der Waals surface area contributed by atoms with Crippen LogP contribution in [0.1, 0.15) is 55.4 Å². The Bertz CT molecular complexity index is 396. The van der Waals surface area contributed by atoms with Crippen LogP contribution >= 0.6 is 24.8 Å². The summed E-state index contributed by atoms with van der Waals surface area (Å²) in [7, 11) is 0. The normalized spacial score (nSPS) is 17.6. The topological polar surface area (TPSA) is 124 Å². The van der Waals surface area contributed by atoms with Crippen LogP contribution in [0.15, 0.2) is 10.2 Å². The molecule has 0 heterocycles. The highest BCUT2D eigenvalue weighted by molar-refractivity contribution is 5.89. The Morgan fingerprint density at radius 3 is 0.909 bits per heavy atom. The molecule has 0 aliphatic carbocycles. The van der Waals surface area contributed by atoms with E-state index in [-0.39, 0.29) is 47.3 Å². The lowest BCUT2D eigenvalue weighted by atomic mass is 9.73. The number of nitrogens with zero attached hydrogens (tertiary/aromatic N) is 2. The summed E-state index contributed by atoms with van der Waals surface area (Å²) < 4.78 is 0. The van der Waals surface area contributed by atoms with Crippen molar-refractivity contribution in [2.75, 3.05) is 0 Å². The monoisotopic (exact) mass is 354 g/mol. The number of rotatable bonds is 4. The van der Waals surface area contributed by atoms with Crippen molar-refractivity contribution in [1.29, 1.82) is 10.8 Å². The molecule has 2 atom stereocenters. The van der Waals surface area contributed by atoms with E-state index in [0.29, 0.717) is 0 Å². The van der Waals surface area contributed by atoms with Crippen molar-refractivity contribution in [2.45, 2.75) is 66.5 Å². The summed E-state index contributed by atoms with van der Waals surface area (Å²) in [5.41, 5.74) is 8.83. The van der Waals surface area contributed by atoms with Crippen LogP contribution in [0, 0.1) is 21.6 Å². The maximum Gasteiger partial charge on any atom is 0.140 e. The van der Waals surface area contributed by atoms with E-state index in [2.05, 4.69) is 10.2 Å². The Kier molecular flexibility index (Phi) is 8.99. The van der Waals surface area contributed by atoms with Crippen LogP contribution in [0.4, 0.5) is 0 Å². The van der Waals surface area contributed by atoms with E-state index >= 15 is 0 Å². The lowest BCUT2D eigenvalue weighted by molar-refractivity contribution is 0.233. The molecule has 8 heteroatoms. The summed E-state index contributed by atoms with van der Waals surface area (Å²) in [6.45, 7) is 15.3. The number of azo groups is 1. The van der Waals surface area contributed by atoms with Gasteiger partial charge >= 0.3 is 0 Å². The molecule has 0 saturated heterocycles. The minimum Gasteiger partial charge on any atom is -0.386 e. The quantitative estimate of drug-likeness (QED) is 0.348. The van der Waals surface area contributed by atoms with Crippen LogP contribution in [0.3, 0.4) is 0 Å². The van der Waals surface area contributed by atoms with E-state index < -0.39 is 11.1 Å². The van der Waals surface area contributed by atoms with Crippen LogP contribution in [0.2, 0.25) is 0 Å². The largest absolute Gasteiger partial charge is 0.386 e. The van der Waals surface area contributed by atoms with E-state index in [0.717, 1.165) is 0 Å². The highest BCUT2D eigenvalue weighted by atomic mass is 35.5. The first-order valence-corrected chi connectivity index (χ1v) is 6.72. The minimum absolute atomic E-state index is 0. The van der Waals surface area contributed by atoms with Crippen molar-refractivity contribution < 1.29 is 0 Å². The smallest absolute Gasteiger partial charge is 0.140 e. The Morgan fingerprint density at radius 1 is 0.636 bits per heavy atom. The van der Waals surface area contributed by atoms with E-state index in [1.165, 1.54) is 0 Å². The van der Waals surface area contributed by atoms with Gasteiger partial charge in [-0.15, -0.1) is 24.8 Å². The van der Waals surface area contributed by atoms with E-state index in [1.807, 2.05) is 41.5 Å². The third kappa shape index (κ3) is 4.81. The zero-order valence-electron chi connectivity index (χ0n) is 14.9. The number of amidine groups is 2. The summed E-state index contributed by atoms with van der Waals surface area (Å²) in [6, 6.07) is 0. The maximum atomic E-state index is 7.81. The van der Waals surface area contributed by atoms with E-state index in [9.17, 15) is 0 Å². The van der Waals surface area contributed by atoms with E-state index in [4.69, 9.17) is 22.3 Å². The summed E-state index contributed by atoms with van der Waals surface area (Å²) in [4.78, 5) is 0. The van der Waals surface area contributed by atoms with Gasteiger partial charge in [-0.1, -0.05) is 41.5 Å². The first-order valence-electron chi connectivity index (χ1n) is 6.72. The van der Waals surface area contributed by atoms with Gasteiger partial charge in [-0.25, -0.2) is 0 Å². The molecular weight excluding hydrogens is 323 g/mol. The summed E-state index contributed by atoms with van der Waals surface area (Å²) in [5.74, 6) is -0.0953. The highest BCUT2D eigenvalue weighted by Gasteiger charge is 2.45. The van der Waals surface area contributed by atoms with Gasteiger partial charge in [0.1, 0.15) is 22.7 Å². The summed E-state index contributed by atoms with van der Waals surface area (Å²) in [5, 5.41) is 24.3. The van der Waals surface area contributed by atoms with Crippen molar-refractivity contribution >= 4 is 36.5 Å². The van der Waals surface area contributed by atoms with Gasteiger partial charge in [0.25, 0.3) is 0 Å². The SMILES string of the molecule is CC(C)(C)C(C)(N=NC(C)(C(=N)N)C(C)(C)C)C(=N)N.Cl.Cl. The van der Waals surface area contributed by atoms with Gasteiger partial charge < -0.3 is 11.5 Å². The maximum absolute atomic E-state index is 7.81. The molecule has 6 N–H and O–H groups in total. The lowest BCUT2D eigenvalue weighted by Crippen LogP contribution is -2.52. The van der Waals surface area contributed by atoms with Crippen molar-refractivity contribution in [3.8, 4) is 0 Å². The lowest BCUT2D eigenvalue weighted by Gasteiger charge is -2.40. The van der Waals surface area contributed by atoms with Gasteiger partial charge in [-0.2, -0.15) is 10.2 Å². The molecule has 132 valence electrons. The second-order valence-corrected chi connectivity index (χ2v) is 7.67. The van der Waals surface area contributed by atoms with Gasteiger partial charge in [-0.3, -0.25) is 10.8 Å². The van der Waals surface area contributed by atoms with Crippen LogP contribution in [0.5, 0.6) is 0 Å². The molecule has 0 aromatic rings. The molecule has 0 radical (unpaired) electrons. The van der Waals surface area contributed by atoms with Gasteiger partial charge in [0.2, 0.25) is 0 Å². The van der Waals surface area contributed by atoms with Crippen LogP contribution < -0.4 is 11.5 Å². The average Bonchev–Trinajstić information content (AvgIpc) is 2.21. The second-order valence-electron chi connectivity index (χ2n) is 7.67. The Balaban J connectivity index is -0.00000180. The standard InChI is InChI=1S/C14H30N6.2ClH/c1-11(2,3)13(7,9(15)16)19-20-14(8,10(17)18)12(4,5)6;;/h1-8H3,(H3,15,16)(H3,17,18);2*1H. The molecule has 0 aliphatic rings. The van der Waals surface area contributed by atoms with Crippen molar-refractivity contribution in [1.82, 2.24) is 0 Å². The zero-order chi connectivity index (χ0) is 16.6. The fraction of sp³-hybridized carbons (Fsp3) is 0.857. The third-order valence-electron chi connectivity index (χ3n) is 4.42. The minimum atomic E-state index is -0.936. The second kappa shape index (κ2) is 7.59. The first-order chi connectivity index (χ1) is 8.59. The molecule has 0 aromatic heterocycles. The number of nitrogens with one attached hydrogen (secondary N) is 2. The van der Waals surface area contributed by atoms with Crippen LogP contribution in [0.25, 0.3) is 0 Å². The number of hydrogen-bond acceptors (Lipinski definition) is 4. The predicted molar refractivity (Wildman–Crippen MR) is 98.9 cm³/mol. The van der Waals surface area contributed by atoms with E-state index in [1.54, 1.807) is 13.8 Å². The zero-order valence-corrected chi connectivity index (χ0v) is 16.5. The fourth-order valence-corrected chi connectivity index (χ4v) is 1.42. The molecule has 0 bridgehead atoms. The van der Waals surface area contributed by atoms with Gasteiger partial charge in [0.15, 0.2) is 0 Å². The highest BCUT2D eigenvalue weighted by Crippen LogP contribution is 2.38.